The monoisotopic (exact) mass is 247 g/mol. The van der Waals surface area contributed by atoms with Crippen LogP contribution >= 0.6 is 0 Å². The van der Waals surface area contributed by atoms with E-state index in [0.29, 0.717) is 0 Å². The highest BCUT2D eigenvalue weighted by atomic mass is 16.4. The second-order valence-corrected chi connectivity index (χ2v) is 4.48. The average molecular weight is 247 g/mol. The molecule has 0 saturated carbocycles. The van der Waals surface area contributed by atoms with Gasteiger partial charge in [0.2, 0.25) is 0 Å². The van der Waals surface area contributed by atoms with Crippen molar-refractivity contribution >= 4 is 11.9 Å². The van der Waals surface area contributed by atoms with Crippen molar-refractivity contribution in [3.8, 4) is 0 Å². The van der Waals surface area contributed by atoms with E-state index >= 15 is 0 Å². The van der Waals surface area contributed by atoms with Gasteiger partial charge in [-0.05, 0) is 5.92 Å². The summed E-state index contributed by atoms with van der Waals surface area (Å²) in [5, 5.41) is 26.9. The zero-order valence-corrected chi connectivity index (χ0v) is 10.5. The van der Waals surface area contributed by atoms with E-state index in [1.165, 1.54) is 11.8 Å². The molecule has 0 aromatic carbocycles. The SMILES string of the molecule is CC(CN(CCO)C(C(=O)O)C(C)C)C(=O)O. The number of aliphatic hydroxyl groups excluding tert-OH is 1. The Kier molecular flexibility index (Phi) is 6.75. The normalized spacial score (nSPS) is 14.9. The molecule has 0 amide bonds. The van der Waals surface area contributed by atoms with E-state index in [9.17, 15) is 9.59 Å². The van der Waals surface area contributed by atoms with Crippen LogP contribution in [0.3, 0.4) is 0 Å². The van der Waals surface area contributed by atoms with Crippen molar-refractivity contribution in [3.05, 3.63) is 0 Å². The van der Waals surface area contributed by atoms with E-state index in [4.69, 9.17) is 15.3 Å². The van der Waals surface area contributed by atoms with Gasteiger partial charge in [-0.1, -0.05) is 20.8 Å². The van der Waals surface area contributed by atoms with Gasteiger partial charge in [0.1, 0.15) is 6.04 Å². The Morgan fingerprint density at radius 1 is 1.12 bits per heavy atom. The van der Waals surface area contributed by atoms with Gasteiger partial charge in [-0.3, -0.25) is 14.5 Å². The lowest BCUT2D eigenvalue weighted by molar-refractivity contribution is -0.149. The van der Waals surface area contributed by atoms with Crippen molar-refractivity contribution in [2.24, 2.45) is 11.8 Å². The van der Waals surface area contributed by atoms with Crippen LogP contribution < -0.4 is 0 Å². The summed E-state index contributed by atoms with van der Waals surface area (Å²) < 4.78 is 0. The van der Waals surface area contributed by atoms with E-state index < -0.39 is 23.9 Å². The Bertz CT molecular complexity index is 267. The van der Waals surface area contributed by atoms with Crippen LogP contribution in [0, 0.1) is 11.8 Å². The molecule has 2 unspecified atom stereocenters. The first-order valence-corrected chi connectivity index (χ1v) is 5.61. The molecule has 0 radical (unpaired) electrons. The summed E-state index contributed by atoms with van der Waals surface area (Å²) in [7, 11) is 0. The van der Waals surface area contributed by atoms with Crippen LogP contribution in [0.4, 0.5) is 0 Å². The lowest BCUT2D eigenvalue weighted by Crippen LogP contribution is -2.48. The number of rotatable bonds is 8. The second kappa shape index (κ2) is 7.24. The maximum absolute atomic E-state index is 11.1. The molecule has 17 heavy (non-hydrogen) atoms. The number of carbonyl (C=O) groups is 2. The highest BCUT2D eigenvalue weighted by Gasteiger charge is 2.30. The Morgan fingerprint density at radius 2 is 1.65 bits per heavy atom. The van der Waals surface area contributed by atoms with E-state index in [0.717, 1.165) is 0 Å². The fourth-order valence-electron chi connectivity index (χ4n) is 1.77. The molecule has 0 aliphatic carbocycles. The zero-order valence-electron chi connectivity index (χ0n) is 10.5. The minimum absolute atomic E-state index is 0.116. The van der Waals surface area contributed by atoms with Crippen LogP contribution in [0.2, 0.25) is 0 Å². The molecular weight excluding hydrogens is 226 g/mol. The third-order valence-electron chi connectivity index (χ3n) is 2.60. The quantitative estimate of drug-likeness (QED) is 0.563. The number of nitrogens with zero attached hydrogens (tertiary/aromatic N) is 1. The van der Waals surface area contributed by atoms with E-state index in [-0.39, 0.29) is 25.6 Å². The Morgan fingerprint density at radius 3 is 1.94 bits per heavy atom. The summed E-state index contributed by atoms with van der Waals surface area (Å²) in [6, 6.07) is -0.774. The number of hydrogen-bond acceptors (Lipinski definition) is 4. The molecule has 2 atom stereocenters. The maximum Gasteiger partial charge on any atom is 0.321 e. The first kappa shape index (κ1) is 15.9. The predicted molar refractivity (Wildman–Crippen MR) is 61.7 cm³/mol. The Balaban J connectivity index is 4.79. The van der Waals surface area contributed by atoms with Gasteiger partial charge in [0, 0.05) is 13.1 Å². The summed E-state index contributed by atoms with van der Waals surface area (Å²) >= 11 is 0. The Labute approximate surface area is 101 Å². The smallest absolute Gasteiger partial charge is 0.321 e. The third-order valence-corrected chi connectivity index (χ3v) is 2.60. The van der Waals surface area contributed by atoms with Crippen molar-refractivity contribution < 1.29 is 24.9 Å². The van der Waals surface area contributed by atoms with Crippen molar-refractivity contribution in [2.45, 2.75) is 26.8 Å². The van der Waals surface area contributed by atoms with Crippen LogP contribution in [-0.2, 0) is 9.59 Å². The molecule has 100 valence electrons. The molecule has 6 heteroatoms. The third kappa shape index (κ3) is 5.14. The molecule has 0 heterocycles. The molecule has 6 nitrogen and oxygen atoms in total. The number of carboxylic acid groups (broad SMARTS) is 2. The van der Waals surface area contributed by atoms with Gasteiger partial charge in [0.15, 0.2) is 0 Å². The molecule has 0 aliphatic rings. The summed E-state index contributed by atoms with van der Waals surface area (Å²) in [6.07, 6.45) is 0. The molecule has 0 saturated heterocycles. The molecule has 0 aliphatic heterocycles. The first-order valence-electron chi connectivity index (χ1n) is 5.61. The molecular formula is C11H21NO5. The largest absolute Gasteiger partial charge is 0.481 e. The predicted octanol–water partition coefficient (Wildman–Crippen LogP) is 0.111. The summed E-state index contributed by atoms with van der Waals surface area (Å²) in [5.41, 5.74) is 0. The number of aliphatic hydroxyl groups is 1. The van der Waals surface area contributed by atoms with E-state index in [1.807, 2.05) is 0 Å². The van der Waals surface area contributed by atoms with Crippen molar-refractivity contribution in [3.63, 3.8) is 0 Å². The van der Waals surface area contributed by atoms with Crippen LogP contribution in [0.15, 0.2) is 0 Å². The Hall–Kier alpha value is -1.14. The lowest BCUT2D eigenvalue weighted by Gasteiger charge is -2.31. The highest BCUT2D eigenvalue weighted by molar-refractivity contribution is 5.74. The molecule has 0 aromatic rings. The van der Waals surface area contributed by atoms with Crippen LogP contribution in [0.25, 0.3) is 0 Å². The van der Waals surface area contributed by atoms with Gasteiger partial charge in [0.25, 0.3) is 0 Å². The highest BCUT2D eigenvalue weighted by Crippen LogP contribution is 2.13. The minimum Gasteiger partial charge on any atom is -0.481 e. The van der Waals surface area contributed by atoms with Gasteiger partial charge in [-0.25, -0.2) is 0 Å². The standard InChI is InChI=1S/C11H21NO5/c1-7(2)9(11(16)17)12(4-5-13)6-8(3)10(14)15/h7-9,13H,4-6H2,1-3H3,(H,14,15)(H,16,17). The first-order chi connectivity index (χ1) is 7.81. The second-order valence-electron chi connectivity index (χ2n) is 4.48. The maximum atomic E-state index is 11.1. The molecule has 3 N–H and O–H groups in total. The fraction of sp³-hybridized carbons (Fsp3) is 0.818. The average Bonchev–Trinajstić information content (AvgIpc) is 2.16. The van der Waals surface area contributed by atoms with Crippen molar-refractivity contribution in [1.82, 2.24) is 4.90 Å². The van der Waals surface area contributed by atoms with Crippen LogP contribution in [0.5, 0.6) is 0 Å². The lowest BCUT2D eigenvalue weighted by atomic mass is 10.0. The molecule has 0 fully saturated rings. The van der Waals surface area contributed by atoms with Gasteiger partial charge < -0.3 is 15.3 Å². The summed E-state index contributed by atoms with van der Waals surface area (Å²) in [4.78, 5) is 23.4. The molecule has 0 aromatic heterocycles. The van der Waals surface area contributed by atoms with Crippen LogP contribution in [0.1, 0.15) is 20.8 Å². The zero-order chi connectivity index (χ0) is 13.6. The van der Waals surface area contributed by atoms with Crippen molar-refractivity contribution in [1.29, 1.82) is 0 Å². The van der Waals surface area contributed by atoms with E-state index in [2.05, 4.69) is 0 Å². The van der Waals surface area contributed by atoms with Gasteiger partial charge >= 0.3 is 11.9 Å². The summed E-state index contributed by atoms with van der Waals surface area (Å²) in [5.74, 6) is -2.78. The van der Waals surface area contributed by atoms with Gasteiger partial charge in [-0.2, -0.15) is 0 Å². The van der Waals surface area contributed by atoms with Crippen molar-refractivity contribution in [2.75, 3.05) is 19.7 Å². The van der Waals surface area contributed by atoms with Gasteiger partial charge in [-0.15, -0.1) is 0 Å². The van der Waals surface area contributed by atoms with Gasteiger partial charge in [0.05, 0.1) is 12.5 Å². The molecule has 0 rings (SSSR count). The van der Waals surface area contributed by atoms with Crippen LogP contribution in [-0.4, -0.2) is 57.9 Å². The van der Waals surface area contributed by atoms with E-state index in [1.54, 1.807) is 13.8 Å². The molecule has 0 spiro atoms. The topological polar surface area (TPSA) is 98.1 Å². The number of carboxylic acids is 2. The number of aliphatic carboxylic acids is 2. The number of hydrogen-bond donors (Lipinski definition) is 3. The fourth-order valence-corrected chi connectivity index (χ4v) is 1.77. The molecule has 0 bridgehead atoms. The summed E-state index contributed by atoms with van der Waals surface area (Å²) in [6.45, 7) is 5.12. The minimum atomic E-state index is -0.994.